The van der Waals surface area contributed by atoms with E-state index in [1.54, 1.807) is 7.11 Å². The fraction of sp³-hybridized carbons (Fsp3) is 0.750. The van der Waals surface area contributed by atoms with Gasteiger partial charge in [0.2, 0.25) is 5.91 Å². The summed E-state index contributed by atoms with van der Waals surface area (Å²) < 4.78 is 4.88. The van der Waals surface area contributed by atoms with E-state index >= 15 is 0 Å². The minimum atomic E-state index is -0.170. The molecule has 0 bridgehead atoms. The van der Waals surface area contributed by atoms with Gasteiger partial charge in [0.05, 0.1) is 6.61 Å². The van der Waals surface area contributed by atoms with Crippen molar-refractivity contribution in [1.29, 1.82) is 0 Å². The van der Waals surface area contributed by atoms with Gasteiger partial charge in [0.25, 0.3) is 0 Å². The van der Waals surface area contributed by atoms with Crippen LogP contribution < -0.4 is 5.32 Å². The molecule has 68 valence electrons. The first-order valence-corrected chi connectivity index (χ1v) is 4.14. The predicted molar refractivity (Wildman–Crippen MR) is 46.1 cm³/mol. The van der Waals surface area contributed by atoms with Crippen LogP contribution in [-0.4, -0.2) is 31.5 Å². The highest BCUT2D eigenvalue weighted by Gasteiger charge is 2.23. The number of amidine groups is 1. The standard InChI is InChI=1S/C8H14N2O2/c1-3-6-8(11)10-7(9-6)4-5-12-2/h6H,3-5H2,1-2H3,(H,9,10,11). The number of nitrogens with one attached hydrogen (secondary N) is 1. The van der Waals surface area contributed by atoms with Crippen LogP contribution in [0.5, 0.6) is 0 Å². The second kappa shape index (κ2) is 4.21. The maximum absolute atomic E-state index is 11.1. The van der Waals surface area contributed by atoms with Gasteiger partial charge in [-0.3, -0.25) is 9.79 Å². The van der Waals surface area contributed by atoms with Crippen molar-refractivity contribution in [3.8, 4) is 0 Å². The molecule has 0 aliphatic carbocycles. The van der Waals surface area contributed by atoms with Gasteiger partial charge in [0.1, 0.15) is 11.9 Å². The van der Waals surface area contributed by atoms with E-state index < -0.39 is 0 Å². The molecule has 0 radical (unpaired) electrons. The highest BCUT2D eigenvalue weighted by Crippen LogP contribution is 2.05. The van der Waals surface area contributed by atoms with Crippen molar-refractivity contribution in [2.45, 2.75) is 25.8 Å². The maximum Gasteiger partial charge on any atom is 0.250 e. The number of methoxy groups -OCH3 is 1. The lowest BCUT2D eigenvalue weighted by Crippen LogP contribution is -2.28. The summed E-state index contributed by atoms with van der Waals surface area (Å²) in [7, 11) is 1.63. The summed E-state index contributed by atoms with van der Waals surface area (Å²) in [5, 5.41) is 2.72. The summed E-state index contributed by atoms with van der Waals surface area (Å²) in [5.41, 5.74) is 0. The van der Waals surface area contributed by atoms with Crippen LogP contribution in [0.15, 0.2) is 4.99 Å². The quantitative estimate of drug-likeness (QED) is 0.661. The van der Waals surface area contributed by atoms with E-state index in [4.69, 9.17) is 4.74 Å². The number of amides is 1. The van der Waals surface area contributed by atoms with Gasteiger partial charge in [-0.1, -0.05) is 6.92 Å². The van der Waals surface area contributed by atoms with E-state index in [0.717, 1.165) is 12.3 Å². The number of ether oxygens (including phenoxy) is 1. The zero-order chi connectivity index (χ0) is 8.97. The Labute approximate surface area is 72.0 Å². The molecule has 1 unspecified atom stereocenters. The molecule has 0 aromatic heterocycles. The average molecular weight is 170 g/mol. The van der Waals surface area contributed by atoms with Gasteiger partial charge in [-0.25, -0.2) is 0 Å². The minimum Gasteiger partial charge on any atom is -0.384 e. The van der Waals surface area contributed by atoms with Crippen molar-refractivity contribution in [3.63, 3.8) is 0 Å². The minimum absolute atomic E-state index is 0.0172. The Kier molecular flexibility index (Phi) is 3.22. The van der Waals surface area contributed by atoms with E-state index in [0.29, 0.717) is 13.0 Å². The van der Waals surface area contributed by atoms with Gasteiger partial charge in [-0.2, -0.15) is 0 Å². The lowest BCUT2D eigenvalue weighted by molar-refractivity contribution is -0.120. The smallest absolute Gasteiger partial charge is 0.250 e. The van der Waals surface area contributed by atoms with E-state index in [-0.39, 0.29) is 11.9 Å². The van der Waals surface area contributed by atoms with Crippen LogP contribution in [0.3, 0.4) is 0 Å². The van der Waals surface area contributed by atoms with Gasteiger partial charge >= 0.3 is 0 Å². The molecule has 0 saturated heterocycles. The largest absolute Gasteiger partial charge is 0.384 e. The molecular weight excluding hydrogens is 156 g/mol. The normalized spacial score (nSPS) is 22.3. The fourth-order valence-electron chi connectivity index (χ4n) is 1.11. The van der Waals surface area contributed by atoms with Crippen molar-refractivity contribution in [3.05, 3.63) is 0 Å². The summed E-state index contributed by atoms with van der Waals surface area (Å²) in [4.78, 5) is 15.3. The van der Waals surface area contributed by atoms with Gasteiger partial charge in [-0.05, 0) is 6.42 Å². The van der Waals surface area contributed by atoms with Crippen LogP contribution in [0.2, 0.25) is 0 Å². The van der Waals surface area contributed by atoms with Crippen LogP contribution >= 0.6 is 0 Å². The number of hydrogen-bond acceptors (Lipinski definition) is 3. The van der Waals surface area contributed by atoms with Gasteiger partial charge < -0.3 is 10.1 Å². The Bertz CT molecular complexity index is 201. The molecular formula is C8H14N2O2. The molecule has 1 aliphatic rings. The molecule has 1 atom stereocenters. The molecule has 1 aliphatic heterocycles. The molecule has 4 heteroatoms. The molecule has 4 nitrogen and oxygen atoms in total. The van der Waals surface area contributed by atoms with Crippen LogP contribution in [0.1, 0.15) is 19.8 Å². The zero-order valence-corrected chi connectivity index (χ0v) is 7.46. The van der Waals surface area contributed by atoms with Crippen molar-refractivity contribution < 1.29 is 9.53 Å². The van der Waals surface area contributed by atoms with E-state index in [2.05, 4.69) is 10.3 Å². The molecule has 0 spiro atoms. The third kappa shape index (κ3) is 2.04. The average Bonchev–Trinajstić information content (AvgIpc) is 2.43. The fourth-order valence-corrected chi connectivity index (χ4v) is 1.11. The number of nitrogens with zero attached hydrogens (tertiary/aromatic N) is 1. The molecule has 12 heavy (non-hydrogen) atoms. The van der Waals surface area contributed by atoms with Crippen LogP contribution in [0.25, 0.3) is 0 Å². The number of rotatable bonds is 4. The molecule has 1 rings (SSSR count). The number of carbonyl (C=O) groups excluding carboxylic acids is 1. The highest BCUT2D eigenvalue weighted by molar-refractivity contribution is 6.05. The number of aliphatic imine (C=N–C) groups is 1. The number of carbonyl (C=O) groups is 1. The molecule has 1 N–H and O–H groups in total. The monoisotopic (exact) mass is 170 g/mol. The third-order valence-corrected chi connectivity index (χ3v) is 1.81. The summed E-state index contributed by atoms with van der Waals surface area (Å²) >= 11 is 0. The summed E-state index contributed by atoms with van der Waals surface area (Å²) in [5.74, 6) is 0.775. The zero-order valence-electron chi connectivity index (χ0n) is 7.46. The summed E-state index contributed by atoms with van der Waals surface area (Å²) in [6, 6.07) is -0.170. The Morgan fingerprint density at radius 2 is 2.42 bits per heavy atom. The third-order valence-electron chi connectivity index (χ3n) is 1.81. The molecule has 1 amide bonds. The molecule has 0 aromatic carbocycles. The van der Waals surface area contributed by atoms with Crippen LogP contribution in [-0.2, 0) is 9.53 Å². The second-order valence-electron chi connectivity index (χ2n) is 2.73. The maximum atomic E-state index is 11.1. The Morgan fingerprint density at radius 1 is 1.67 bits per heavy atom. The number of hydrogen-bond donors (Lipinski definition) is 1. The van der Waals surface area contributed by atoms with Crippen molar-refractivity contribution in [1.82, 2.24) is 5.32 Å². The van der Waals surface area contributed by atoms with Gasteiger partial charge in [0.15, 0.2) is 0 Å². The summed E-state index contributed by atoms with van der Waals surface area (Å²) in [6.07, 6.45) is 1.46. The SMILES string of the molecule is CCC1N=C(CCOC)NC1=O. The van der Waals surface area contributed by atoms with Crippen molar-refractivity contribution in [2.24, 2.45) is 4.99 Å². The van der Waals surface area contributed by atoms with Gasteiger partial charge in [0, 0.05) is 13.5 Å². The van der Waals surface area contributed by atoms with E-state index in [1.807, 2.05) is 6.92 Å². The first kappa shape index (κ1) is 9.19. The summed E-state index contributed by atoms with van der Waals surface area (Å²) in [6.45, 7) is 2.56. The van der Waals surface area contributed by atoms with Crippen molar-refractivity contribution >= 4 is 11.7 Å². The molecule has 0 aromatic rings. The topological polar surface area (TPSA) is 50.7 Å². The van der Waals surface area contributed by atoms with E-state index in [1.165, 1.54) is 0 Å². The van der Waals surface area contributed by atoms with Crippen LogP contribution in [0, 0.1) is 0 Å². The van der Waals surface area contributed by atoms with Crippen LogP contribution in [0.4, 0.5) is 0 Å². The lowest BCUT2D eigenvalue weighted by atomic mass is 10.2. The Morgan fingerprint density at radius 3 is 2.92 bits per heavy atom. The molecule has 0 saturated carbocycles. The Balaban J connectivity index is 2.42. The second-order valence-corrected chi connectivity index (χ2v) is 2.73. The van der Waals surface area contributed by atoms with E-state index in [9.17, 15) is 4.79 Å². The molecule has 0 fully saturated rings. The first-order chi connectivity index (χ1) is 5.77. The highest BCUT2D eigenvalue weighted by atomic mass is 16.5. The lowest BCUT2D eigenvalue weighted by Gasteiger charge is -1.98. The van der Waals surface area contributed by atoms with Gasteiger partial charge in [-0.15, -0.1) is 0 Å². The van der Waals surface area contributed by atoms with Crippen molar-refractivity contribution in [2.75, 3.05) is 13.7 Å². The predicted octanol–water partition coefficient (Wildman–Crippen LogP) is 0.330. The molecule has 1 heterocycles. The first-order valence-electron chi connectivity index (χ1n) is 4.14. The Hall–Kier alpha value is -0.900.